The van der Waals surface area contributed by atoms with Gasteiger partial charge in [0.15, 0.2) is 0 Å². The van der Waals surface area contributed by atoms with Gasteiger partial charge in [-0.25, -0.2) is 0 Å². The predicted octanol–water partition coefficient (Wildman–Crippen LogP) is 2.85. The summed E-state index contributed by atoms with van der Waals surface area (Å²) in [6.45, 7) is 2.07. The molecule has 28 heavy (non-hydrogen) atoms. The molecule has 0 aliphatic rings. The zero-order chi connectivity index (χ0) is 19.9. The van der Waals surface area contributed by atoms with Gasteiger partial charge in [0.25, 0.3) is 5.56 Å². The number of nitrogens with zero attached hydrogens (tertiary/aromatic N) is 1. The van der Waals surface area contributed by atoms with Crippen molar-refractivity contribution >= 4 is 28.1 Å². The fourth-order valence-electron chi connectivity index (χ4n) is 2.47. The van der Waals surface area contributed by atoms with Crippen LogP contribution >= 0.6 is 11.5 Å². The zero-order valence-corrected chi connectivity index (χ0v) is 16.2. The number of aliphatic hydroxyl groups is 1. The van der Waals surface area contributed by atoms with E-state index in [-0.39, 0.29) is 29.6 Å². The Morgan fingerprint density at radius 2 is 1.96 bits per heavy atom. The minimum Gasteiger partial charge on any atom is -0.489 e. The van der Waals surface area contributed by atoms with Crippen molar-refractivity contribution in [3.63, 3.8) is 0 Å². The largest absolute Gasteiger partial charge is 0.489 e. The maximum absolute atomic E-state index is 12.1. The monoisotopic (exact) mass is 398 g/mol. The number of anilines is 2. The molecule has 0 bridgehead atoms. The lowest BCUT2D eigenvalue weighted by Crippen LogP contribution is -2.24. The van der Waals surface area contributed by atoms with E-state index < -0.39 is 0 Å². The summed E-state index contributed by atoms with van der Waals surface area (Å²) in [6, 6.07) is 17.0. The first-order valence-electron chi connectivity index (χ1n) is 8.76. The number of nitrogens with two attached hydrogens (primary N) is 1. The quantitative estimate of drug-likeness (QED) is 0.344. The van der Waals surface area contributed by atoms with Gasteiger partial charge in [0.1, 0.15) is 28.8 Å². The van der Waals surface area contributed by atoms with Gasteiger partial charge < -0.3 is 20.9 Å². The summed E-state index contributed by atoms with van der Waals surface area (Å²) in [4.78, 5) is 16.2. The van der Waals surface area contributed by atoms with E-state index in [2.05, 4.69) is 14.7 Å². The first-order chi connectivity index (χ1) is 13.6. The number of hydrogen-bond acceptors (Lipinski definition) is 6. The van der Waals surface area contributed by atoms with Gasteiger partial charge in [-0.2, -0.15) is 0 Å². The summed E-state index contributed by atoms with van der Waals surface area (Å²) in [7, 11) is 0. The Hall–Kier alpha value is -3.10. The highest BCUT2D eigenvalue weighted by Gasteiger charge is 2.15. The molecule has 1 heterocycles. The van der Waals surface area contributed by atoms with Gasteiger partial charge in [0.05, 0.1) is 12.6 Å². The van der Waals surface area contributed by atoms with Crippen LogP contribution < -0.4 is 21.3 Å². The highest BCUT2D eigenvalue weighted by atomic mass is 32.1. The van der Waals surface area contributed by atoms with Gasteiger partial charge in [0.2, 0.25) is 0 Å². The second kappa shape index (κ2) is 9.20. The lowest BCUT2D eigenvalue weighted by atomic mass is 10.2. The van der Waals surface area contributed by atoms with Crippen LogP contribution in [0.15, 0.2) is 64.4 Å². The molecular weight excluding hydrogens is 376 g/mol. The second-order valence-corrected chi connectivity index (χ2v) is 7.02. The minimum absolute atomic E-state index is 0.0920. The van der Waals surface area contributed by atoms with E-state index in [9.17, 15) is 4.79 Å². The van der Waals surface area contributed by atoms with E-state index in [0.717, 1.165) is 28.5 Å². The summed E-state index contributed by atoms with van der Waals surface area (Å²) in [5, 5.41) is 12.9. The Morgan fingerprint density at radius 3 is 2.64 bits per heavy atom. The summed E-state index contributed by atoms with van der Waals surface area (Å²) in [6.07, 6.45) is 0. The van der Waals surface area contributed by atoms with Gasteiger partial charge in [-0.15, -0.1) is 0 Å². The molecule has 8 heteroatoms. The van der Waals surface area contributed by atoms with Gasteiger partial charge >= 0.3 is 0 Å². The minimum atomic E-state index is -0.381. The highest BCUT2D eigenvalue weighted by Crippen LogP contribution is 2.24. The number of aromatic nitrogens is 1. The number of benzene rings is 2. The van der Waals surface area contributed by atoms with Crippen molar-refractivity contribution in [3.05, 3.63) is 76.1 Å². The first-order valence-corrected chi connectivity index (χ1v) is 9.58. The third-order valence-electron chi connectivity index (χ3n) is 3.94. The van der Waals surface area contributed by atoms with Crippen LogP contribution in [-0.4, -0.2) is 28.0 Å². The van der Waals surface area contributed by atoms with E-state index in [1.165, 1.54) is 0 Å². The van der Waals surface area contributed by atoms with Gasteiger partial charge in [-0.05, 0) is 48.3 Å². The number of rotatable bonds is 8. The predicted molar refractivity (Wildman–Crippen MR) is 113 cm³/mol. The lowest BCUT2D eigenvalue weighted by Gasteiger charge is -2.09. The molecule has 3 aromatic rings. The summed E-state index contributed by atoms with van der Waals surface area (Å²) >= 11 is 1.14. The average Bonchev–Trinajstić information content (AvgIpc) is 3.08. The highest BCUT2D eigenvalue weighted by molar-refractivity contribution is 7.10. The number of hydrogen-bond donors (Lipinski definition) is 4. The third-order valence-corrected chi connectivity index (χ3v) is 4.74. The van der Waals surface area contributed by atoms with Crippen LogP contribution in [0.2, 0.25) is 0 Å². The number of aromatic amines is 1. The molecule has 7 nitrogen and oxygen atoms in total. The van der Waals surface area contributed by atoms with E-state index >= 15 is 0 Å². The van der Waals surface area contributed by atoms with E-state index in [1.54, 1.807) is 6.92 Å². The van der Waals surface area contributed by atoms with E-state index in [0.29, 0.717) is 11.6 Å². The number of amidine groups is 1. The Bertz CT molecular complexity index is 981. The molecule has 0 saturated carbocycles. The Morgan fingerprint density at radius 1 is 1.25 bits per heavy atom. The molecule has 2 aromatic carbocycles. The molecule has 5 N–H and O–H groups in total. The van der Waals surface area contributed by atoms with Crippen LogP contribution in [0.4, 0.5) is 10.7 Å². The van der Waals surface area contributed by atoms with Crippen molar-refractivity contribution in [1.82, 2.24) is 4.37 Å². The van der Waals surface area contributed by atoms with Crippen LogP contribution in [0.25, 0.3) is 0 Å². The zero-order valence-electron chi connectivity index (χ0n) is 15.4. The number of ether oxygens (including phenoxy) is 1. The first kappa shape index (κ1) is 19.7. The summed E-state index contributed by atoms with van der Waals surface area (Å²) < 4.78 is 8.43. The van der Waals surface area contributed by atoms with Crippen molar-refractivity contribution in [2.75, 3.05) is 11.9 Å². The van der Waals surface area contributed by atoms with Crippen molar-refractivity contribution in [1.29, 1.82) is 0 Å². The molecule has 3 rings (SSSR count). The SMILES string of the molecule is CC(CO)N=C(N)c1c(Nc2ccc(OCc3ccccc3)cc2)s[nH]c1=O. The van der Waals surface area contributed by atoms with Crippen molar-refractivity contribution in [2.24, 2.45) is 10.7 Å². The molecule has 0 aliphatic carbocycles. The molecular formula is C20H22N4O3S. The molecule has 0 fully saturated rings. The van der Waals surface area contributed by atoms with Crippen molar-refractivity contribution < 1.29 is 9.84 Å². The van der Waals surface area contributed by atoms with Crippen LogP contribution in [0.1, 0.15) is 18.1 Å². The van der Waals surface area contributed by atoms with E-state index in [4.69, 9.17) is 15.6 Å². The van der Waals surface area contributed by atoms with Gasteiger partial charge in [-0.1, -0.05) is 30.3 Å². The molecule has 1 aromatic heterocycles. The van der Waals surface area contributed by atoms with Crippen LogP contribution in [0, 0.1) is 0 Å². The molecule has 0 radical (unpaired) electrons. The van der Waals surface area contributed by atoms with E-state index in [1.807, 2.05) is 54.6 Å². The maximum Gasteiger partial charge on any atom is 0.271 e. The Balaban J connectivity index is 1.69. The molecule has 0 saturated heterocycles. The van der Waals surface area contributed by atoms with Crippen LogP contribution in [0.5, 0.6) is 5.75 Å². The van der Waals surface area contributed by atoms with Crippen molar-refractivity contribution in [3.8, 4) is 5.75 Å². The molecule has 0 amide bonds. The normalized spacial score (nSPS) is 12.6. The number of H-pyrrole nitrogens is 1. The molecule has 0 aliphatic heterocycles. The van der Waals surface area contributed by atoms with Crippen LogP contribution in [-0.2, 0) is 6.61 Å². The maximum atomic E-state index is 12.1. The fourth-order valence-corrected chi connectivity index (χ4v) is 3.24. The average molecular weight is 398 g/mol. The number of aliphatic hydroxyl groups excluding tert-OH is 1. The Labute approximate surface area is 166 Å². The summed E-state index contributed by atoms with van der Waals surface area (Å²) in [5.41, 5.74) is 7.79. The number of nitrogens with one attached hydrogen (secondary N) is 2. The Kier molecular flexibility index (Phi) is 6.46. The van der Waals surface area contributed by atoms with Gasteiger partial charge in [-0.3, -0.25) is 14.2 Å². The van der Waals surface area contributed by atoms with Crippen LogP contribution in [0.3, 0.4) is 0 Å². The number of aliphatic imine (C=N–C) groups is 1. The molecule has 0 spiro atoms. The fraction of sp³-hybridized carbons (Fsp3) is 0.200. The lowest BCUT2D eigenvalue weighted by molar-refractivity contribution is 0.274. The molecule has 1 unspecified atom stereocenters. The van der Waals surface area contributed by atoms with Gasteiger partial charge in [0, 0.05) is 5.69 Å². The topological polar surface area (TPSA) is 113 Å². The molecule has 146 valence electrons. The summed E-state index contributed by atoms with van der Waals surface area (Å²) in [5.74, 6) is 0.837. The smallest absolute Gasteiger partial charge is 0.271 e. The molecule has 1 atom stereocenters. The second-order valence-electron chi connectivity index (χ2n) is 6.21. The third kappa shape index (κ3) is 4.99. The standard InChI is InChI=1S/C20H22N4O3S/c1-13(11-25)22-18(21)17-19(26)24-28-20(17)23-15-7-9-16(10-8-15)27-12-14-5-3-2-4-6-14/h2-10,13,23,25H,11-12H2,1H3,(H2,21,22)(H,24,26). The van der Waals surface area contributed by atoms with Crippen molar-refractivity contribution in [2.45, 2.75) is 19.6 Å².